The number of thioether (sulfide) groups is 1. The molecule has 1 atom stereocenters. The molecular formula is C32H31N3O3S2. The summed E-state index contributed by atoms with van der Waals surface area (Å²) in [6.07, 6.45) is 1.64. The summed E-state index contributed by atoms with van der Waals surface area (Å²) in [4.78, 5) is 39.7. The third kappa shape index (κ3) is 8.18. The second kappa shape index (κ2) is 13.8. The van der Waals surface area contributed by atoms with Crippen molar-refractivity contribution in [3.05, 3.63) is 118 Å². The van der Waals surface area contributed by atoms with E-state index >= 15 is 0 Å². The summed E-state index contributed by atoms with van der Waals surface area (Å²) in [7, 11) is 0. The van der Waals surface area contributed by atoms with Gasteiger partial charge in [0, 0.05) is 21.8 Å². The Hall–Kier alpha value is -4.14. The van der Waals surface area contributed by atoms with E-state index in [9.17, 15) is 14.4 Å². The van der Waals surface area contributed by atoms with Crippen molar-refractivity contribution in [3.8, 4) is 0 Å². The van der Waals surface area contributed by atoms with Crippen LogP contribution in [0.15, 0.2) is 106 Å². The van der Waals surface area contributed by atoms with Crippen LogP contribution in [0.25, 0.3) is 6.08 Å². The quantitative estimate of drug-likeness (QED) is 0.137. The van der Waals surface area contributed by atoms with Crippen LogP contribution in [-0.2, 0) is 9.59 Å². The SMILES string of the molecule is CC(Sc1cccc(NC(=O)/C(=C/c2ccsc2)NC(=O)c2ccccc2)c1)C(=O)Nc1ccc(C(C)C)cc1. The molecule has 0 fully saturated rings. The lowest BCUT2D eigenvalue weighted by molar-refractivity contribution is -0.115. The highest BCUT2D eigenvalue weighted by Crippen LogP contribution is 2.27. The summed E-state index contributed by atoms with van der Waals surface area (Å²) in [5.41, 5.74) is 3.91. The summed E-state index contributed by atoms with van der Waals surface area (Å²) in [6.45, 7) is 6.10. The van der Waals surface area contributed by atoms with Gasteiger partial charge in [0.1, 0.15) is 5.70 Å². The highest BCUT2D eigenvalue weighted by atomic mass is 32.2. The highest BCUT2D eigenvalue weighted by Gasteiger charge is 2.17. The Kier molecular flexibility index (Phi) is 9.94. The minimum atomic E-state index is -0.451. The topological polar surface area (TPSA) is 87.3 Å². The number of benzene rings is 3. The summed E-state index contributed by atoms with van der Waals surface area (Å²) < 4.78 is 0. The number of anilines is 2. The number of thiophene rings is 1. The van der Waals surface area contributed by atoms with Crippen LogP contribution in [-0.4, -0.2) is 23.0 Å². The smallest absolute Gasteiger partial charge is 0.272 e. The van der Waals surface area contributed by atoms with Crippen molar-refractivity contribution in [2.75, 3.05) is 10.6 Å². The molecule has 6 nitrogen and oxygen atoms in total. The van der Waals surface area contributed by atoms with Crippen LogP contribution in [0.1, 0.15) is 48.2 Å². The maximum Gasteiger partial charge on any atom is 0.272 e. The molecule has 1 heterocycles. The maximum atomic E-state index is 13.3. The van der Waals surface area contributed by atoms with Crippen LogP contribution in [0.5, 0.6) is 0 Å². The summed E-state index contributed by atoms with van der Waals surface area (Å²) >= 11 is 2.89. The molecule has 1 aromatic heterocycles. The number of nitrogens with one attached hydrogen (secondary N) is 3. The van der Waals surface area contributed by atoms with Gasteiger partial charge in [-0.1, -0.05) is 50.2 Å². The van der Waals surface area contributed by atoms with Gasteiger partial charge >= 0.3 is 0 Å². The Morgan fingerprint density at radius 3 is 2.25 bits per heavy atom. The van der Waals surface area contributed by atoms with Gasteiger partial charge in [-0.05, 0) is 89.3 Å². The molecule has 0 spiro atoms. The lowest BCUT2D eigenvalue weighted by atomic mass is 10.0. The third-order valence-electron chi connectivity index (χ3n) is 6.00. The number of hydrogen-bond acceptors (Lipinski definition) is 5. The fourth-order valence-corrected chi connectivity index (χ4v) is 5.31. The summed E-state index contributed by atoms with van der Waals surface area (Å²) in [5, 5.41) is 12.0. The van der Waals surface area contributed by atoms with Gasteiger partial charge in [0.2, 0.25) is 5.91 Å². The first-order valence-electron chi connectivity index (χ1n) is 12.9. The second-order valence-electron chi connectivity index (χ2n) is 9.44. The monoisotopic (exact) mass is 569 g/mol. The van der Waals surface area contributed by atoms with Crippen molar-refractivity contribution in [1.82, 2.24) is 5.32 Å². The Morgan fingerprint density at radius 1 is 0.825 bits per heavy atom. The average molecular weight is 570 g/mol. The van der Waals surface area contributed by atoms with Gasteiger partial charge in [0.15, 0.2) is 0 Å². The van der Waals surface area contributed by atoms with Crippen molar-refractivity contribution >= 4 is 58.3 Å². The molecule has 0 saturated carbocycles. The summed E-state index contributed by atoms with van der Waals surface area (Å²) in [6, 6.07) is 25.8. The van der Waals surface area contributed by atoms with Gasteiger partial charge < -0.3 is 16.0 Å². The molecule has 4 rings (SSSR count). The van der Waals surface area contributed by atoms with Crippen LogP contribution >= 0.6 is 23.1 Å². The highest BCUT2D eigenvalue weighted by molar-refractivity contribution is 8.00. The number of carbonyl (C=O) groups excluding carboxylic acids is 3. The van der Waals surface area contributed by atoms with E-state index < -0.39 is 5.91 Å². The van der Waals surface area contributed by atoms with E-state index in [0.717, 1.165) is 16.1 Å². The summed E-state index contributed by atoms with van der Waals surface area (Å²) in [5.74, 6) is -0.510. The first kappa shape index (κ1) is 28.9. The molecule has 1 unspecified atom stereocenters. The lowest BCUT2D eigenvalue weighted by Crippen LogP contribution is -2.30. The largest absolute Gasteiger partial charge is 0.325 e. The van der Waals surface area contributed by atoms with E-state index in [1.54, 1.807) is 36.4 Å². The maximum absolute atomic E-state index is 13.3. The van der Waals surface area contributed by atoms with E-state index in [2.05, 4.69) is 29.8 Å². The zero-order valence-electron chi connectivity index (χ0n) is 22.5. The van der Waals surface area contributed by atoms with E-state index in [4.69, 9.17) is 0 Å². The third-order valence-corrected chi connectivity index (χ3v) is 7.80. The van der Waals surface area contributed by atoms with Gasteiger partial charge in [-0.25, -0.2) is 0 Å². The van der Waals surface area contributed by atoms with Gasteiger partial charge in [0.05, 0.1) is 5.25 Å². The molecule has 0 bridgehead atoms. The van der Waals surface area contributed by atoms with Crippen molar-refractivity contribution in [2.45, 2.75) is 36.8 Å². The standard InChI is InChI=1S/C32H31N3O3S2/c1-21(2)24-12-14-26(15-13-24)33-30(36)22(3)40-28-11-7-10-27(19-28)34-32(38)29(18-23-16-17-39-20-23)35-31(37)25-8-5-4-6-9-25/h4-22H,1-3H3,(H,33,36)(H,34,38)(H,35,37)/b29-18-. The molecule has 3 N–H and O–H groups in total. The Balaban J connectivity index is 1.42. The Bertz CT molecular complexity index is 1480. The molecule has 4 aromatic rings. The van der Waals surface area contributed by atoms with Gasteiger partial charge in [-0.15, -0.1) is 11.8 Å². The number of carbonyl (C=O) groups is 3. The minimum absolute atomic E-state index is 0.110. The van der Waals surface area contributed by atoms with Gasteiger partial charge in [0.25, 0.3) is 11.8 Å². The van der Waals surface area contributed by atoms with Crippen molar-refractivity contribution in [3.63, 3.8) is 0 Å². The minimum Gasteiger partial charge on any atom is -0.325 e. The fraction of sp³-hybridized carbons (Fsp3) is 0.156. The molecule has 0 aliphatic rings. The molecule has 0 aliphatic carbocycles. The lowest BCUT2D eigenvalue weighted by Gasteiger charge is -2.14. The molecule has 3 aromatic carbocycles. The number of rotatable bonds is 10. The van der Waals surface area contributed by atoms with Gasteiger partial charge in [-0.2, -0.15) is 11.3 Å². The van der Waals surface area contributed by atoms with Crippen LogP contribution < -0.4 is 16.0 Å². The van der Waals surface area contributed by atoms with Crippen LogP contribution in [0.4, 0.5) is 11.4 Å². The van der Waals surface area contributed by atoms with E-state index in [0.29, 0.717) is 17.2 Å². The van der Waals surface area contributed by atoms with Crippen molar-refractivity contribution in [1.29, 1.82) is 0 Å². The average Bonchev–Trinajstić information content (AvgIpc) is 3.47. The van der Waals surface area contributed by atoms with Crippen molar-refractivity contribution in [2.24, 2.45) is 0 Å². The van der Waals surface area contributed by atoms with Crippen LogP contribution in [0.2, 0.25) is 0 Å². The number of hydrogen-bond donors (Lipinski definition) is 3. The molecule has 3 amide bonds. The molecule has 204 valence electrons. The molecular weight excluding hydrogens is 539 g/mol. The first-order valence-corrected chi connectivity index (χ1v) is 14.7. The zero-order chi connectivity index (χ0) is 28.5. The van der Waals surface area contributed by atoms with Gasteiger partial charge in [-0.3, -0.25) is 14.4 Å². The molecule has 0 aliphatic heterocycles. The molecule has 0 saturated heterocycles. The molecule has 0 radical (unpaired) electrons. The van der Waals surface area contributed by atoms with E-state index in [1.165, 1.54) is 28.7 Å². The Morgan fingerprint density at radius 2 is 1.57 bits per heavy atom. The van der Waals surface area contributed by atoms with E-state index in [-0.39, 0.29) is 22.8 Å². The number of amides is 3. The molecule has 40 heavy (non-hydrogen) atoms. The predicted octanol–water partition coefficient (Wildman–Crippen LogP) is 7.40. The van der Waals surface area contributed by atoms with Crippen LogP contribution in [0.3, 0.4) is 0 Å². The predicted molar refractivity (Wildman–Crippen MR) is 166 cm³/mol. The fourth-order valence-electron chi connectivity index (χ4n) is 3.76. The van der Waals surface area contributed by atoms with Crippen LogP contribution in [0, 0.1) is 0 Å². The van der Waals surface area contributed by atoms with Crippen molar-refractivity contribution < 1.29 is 14.4 Å². The second-order valence-corrected chi connectivity index (χ2v) is 11.6. The van der Waals surface area contributed by atoms with E-state index in [1.807, 2.05) is 72.3 Å². The Labute approximate surface area is 242 Å². The normalized spacial score (nSPS) is 12.1. The first-order chi connectivity index (χ1) is 19.3. The molecule has 8 heteroatoms. The zero-order valence-corrected chi connectivity index (χ0v) is 24.1.